The minimum Gasteiger partial charge on any atom is -0.381 e. The molecule has 1 aromatic heterocycles. The predicted molar refractivity (Wildman–Crippen MR) is 112 cm³/mol. The van der Waals surface area contributed by atoms with Crippen molar-refractivity contribution in [2.45, 2.75) is 24.9 Å². The fraction of sp³-hybridized carbons (Fsp3) is 0.500. The molecule has 0 aliphatic carbocycles. The second kappa shape index (κ2) is 9.13. The van der Waals surface area contributed by atoms with E-state index in [0.717, 1.165) is 10.9 Å². The maximum absolute atomic E-state index is 12.6. The van der Waals surface area contributed by atoms with Crippen molar-refractivity contribution in [2.75, 3.05) is 44.8 Å². The number of halogens is 1. The Morgan fingerprint density at radius 3 is 2.48 bits per heavy atom. The van der Waals surface area contributed by atoms with E-state index >= 15 is 0 Å². The first-order chi connectivity index (χ1) is 13.5. The van der Waals surface area contributed by atoms with Crippen LogP contribution in [-0.4, -0.2) is 66.3 Å². The number of nitrogens with two attached hydrogens (primary N) is 1. The van der Waals surface area contributed by atoms with Gasteiger partial charge in [0.25, 0.3) is 0 Å². The number of hydrogen-bond acceptors (Lipinski definition) is 5. The Labute approximate surface area is 175 Å². The van der Waals surface area contributed by atoms with Crippen LogP contribution >= 0.6 is 12.4 Å². The summed E-state index contributed by atoms with van der Waals surface area (Å²) in [6, 6.07) is 7.62. The van der Waals surface area contributed by atoms with Crippen molar-refractivity contribution in [2.24, 2.45) is 5.73 Å². The molecule has 3 heterocycles. The number of ether oxygens (including phenoxy) is 2. The Balaban J connectivity index is 0.00000240. The van der Waals surface area contributed by atoms with Gasteiger partial charge in [0, 0.05) is 49.1 Å². The molecule has 1 aromatic carbocycles. The number of benzene rings is 1. The number of fused-ring (bicyclic) bond motifs is 1. The monoisotopic (exact) mass is 422 g/mol. The quantitative estimate of drug-likeness (QED) is 0.775. The van der Waals surface area contributed by atoms with Gasteiger partial charge in [-0.3, -0.25) is 9.59 Å². The van der Waals surface area contributed by atoms with Crippen molar-refractivity contribution in [1.82, 2.24) is 9.47 Å². The molecule has 2 aromatic rings. The number of morpholine rings is 1. The number of carbonyl (C=O) groups is 2. The molecule has 29 heavy (non-hydrogen) atoms. The van der Waals surface area contributed by atoms with Gasteiger partial charge in [-0.15, -0.1) is 12.4 Å². The second-order valence-electron chi connectivity index (χ2n) is 7.43. The molecule has 2 fully saturated rings. The van der Waals surface area contributed by atoms with Crippen molar-refractivity contribution in [3.05, 3.63) is 30.5 Å². The van der Waals surface area contributed by atoms with E-state index in [4.69, 9.17) is 15.2 Å². The lowest BCUT2D eigenvalue weighted by Crippen LogP contribution is -2.54. The Morgan fingerprint density at radius 1 is 1.07 bits per heavy atom. The molecule has 0 unspecified atom stereocenters. The number of nitrogens with zero attached hydrogens (tertiary/aromatic N) is 2. The van der Waals surface area contributed by atoms with Gasteiger partial charge in [-0.25, -0.2) is 0 Å². The zero-order valence-electron chi connectivity index (χ0n) is 16.3. The lowest BCUT2D eigenvalue weighted by molar-refractivity contribution is -0.135. The van der Waals surface area contributed by atoms with Gasteiger partial charge in [0.05, 0.1) is 13.2 Å². The highest BCUT2D eigenvalue weighted by molar-refractivity contribution is 5.99. The Hall–Kier alpha value is -2.13. The molecule has 8 nitrogen and oxygen atoms in total. The van der Waals surface area contributed by atoms with Crippen molar-refractivity contribution >= 4 is 40.8 Å². The smallest absolute Gasteiger partial charge is 0.244 e. The number of rotatable bonds is 4. The first-order valence-electron chi connectivity index (χ1n) is 9.68. The predicted octanol–water partition coefficient (Wildman–Crippen LogP) is 1.37. The summed E-state index contributed by atoms with van der Waals surface area (Å²) in [6.45, 7) is 3.76. The molecular weight excluding hydrogens is 396 g/mol. The summed E-state index contributed by atoms with van der Waals surface area (Å²) in [5.74, 6) is -0.0974. The zero-order valence-corrected chi connectivity index (χ0v) is 17.1. The van der Waals surface area contributed by atoms with E-state index in [9.17, 15) is 9.59 Å². The summed E-state index contributed by atoms with van der Waals surface area (Å²) in [5, 5.41) is 3.89. The van der Waals surface area contributed by atoms with Gasteiger partial charge in [0.1, 0.15) is 12.1 Å². The van der Waals surface area contributed by atoms with Gasteiger partial charge in [-0.1, -0.05) is 0 Å². The highest BCUT2D eigenvalue weighted by atomic mass is 35.5. The van der Waals surface area contributed by atoms with Gasteiger partial charge in [0.2, 0.25) is 11.8 Å². The van der Waals surface area contributed by atoms with Crippen LogP contribution in [0.5, 0.6) is 0 Å². The van der Waals surface area contributed by atoms with Crippen LogP contribution in [0.3, 0.4) is 0 Å². The summed E-state index contributed by atoms with van der Waals surface area (Å²) in [7, 11) is 0. The van der Waals surface area contributed by atoms with E-state index in [0.29, 0.717) is 64.6 Å². The fourth-order valence-corrected chi connectivity index (χ4v) is 3.69. The number of aromatic nitrogens is 1. The molecule has 0 saturated carbocycles. The average molecular weight is 423 g/mol. The largest absolute Gasteiger partial charge is 0.381 e. The summed E-state index contributed by atoms with van der Waals surface area (Å²) in [6.07, 6.45) is 2.93. The first-order valence-corrected chi connectivity index (χ1v) is 9.68. The number of anilines is 1. The van der Waals surface area contributed by atoms with E-state index in [1.165, 1.54) is 0 Å². The van der Waals surface area contributed by atoms with Crippen LogP contribution in [-0.2, 0) is 25.6 Å². The fourth-order valence-electron chi connectivity index (χ4n) is 3.69. The van der Waals surface area contributed by atoms with E-state index in [1.807, 2.05) is 39.9 Å². The molecule has 2 amide bonds. The number of nitrogens with one attached hydrogen (secondary N) is 1. The Kier molecular flexibility index (Phi) is 6.79. The Bertz CT molecular complexity index is 872. The molecule has 0 spiro atoms. The Morgan fingerprint density at radius 2 is 1.76 bits per heavy atom. The van der Waals surface area contributed by atoms with Crippen molar-refractivity contribution < 1.29 is 19.1 Å². The van der Waals surface area contributed by atoms with Crippen LogP contribution in [0.4, 0.5) is 5.69 Å². The minimum absolute atomic E-state index is 0. The topological polar surface area (TPSA) is 98.8 Å². The number of carbonyl (C=O) groups excluding carboxylic acids is 2. The van der Waals surface area contributed by atoms with E-state index in [2.05, 4.69) is 5.32 Å². The van der Waals surface area contributed by atoms with Crippen LogP contribution in [0.15, 0.2) is 30.5 Å². The van der Waals surface area contributed by atoms with E-state index in [-0.39, 0.29) is 24.2 Å². The van der Waals surface area contributed by atoms with Gasteiger partial charge in [-0.05, 0) is 37.1 Å². The molecule has 3 N–H and O–H groups in total. The van der Waals surface area contributed by atoms with E-state index < -0.39 is 5.54 Å². The maximum Gasteiger partial charge on any atom is 0.244 e. The molecule has 9 heteroatoms. The van der Waals surface area contributed by atoms with Crippen LogP contribution in [0, 0.1) is 0 Å². The number of hydrogen-bond donors (Lipinski definition) is 2. The van der Waals surface area contributed by atoms with Crippen LogP contribution < -0.4 is 11.1 Å². The lowest BCUT2D eigenvalue weighted by atomic mass is 9.90. The van der Waals surface area contributed by atoms with Crippen molar-refractivity contribution in [3.63, 3.8) is 0 Å². The van der Waals surface area contributed by atoms with Crippen molar-refractivity contribution in [3.8, 4) is 0 Å². The third-order valence-electron chi connectivity index (χ3n) is 5.54. The molecule has 4 rings (SSSR count). The SMILES string of the molecule is Cl.NC1(C(=O)Nc2ccc3c(ccn3CC(=O)N3CCOCC3)c2)CCOCC1. The third kappa shape index (κ3) is 4.72. The number of amides is 2. The molecule has 0 radical (unpaired) electrons. The highest BCUT2D eigenvalue weighted by Crippen LogP contribution is 2.24. The van der Waals surface area contributed by atoms with Crippen molar-refractivity contribution in [1.29, 1.82) is 0 Å². The minimum atomic E-state index is -0.885. The average Bonchev–Trinajstić information content (AvgIpc) is 3.11. The normalized spacial score (nSPS) is 18.9. The third-order valence-corrected chi connectivity index (χ3v) is 5.54. The standard InChI is InChI=1S/C20H26N4O4.ClH/c21-20(4-9-27-10-5-20)19(26)22-16-1-2-17-15(13-16)3-6-24(17)14-18(25)23-7-11-28-12-8-23;/h1-3,6,13H,4-5,7-12,14,21H2,(H,22,26);1H. The molecule has 0 atom stereocenters. The molecule has 2 aliphatic rings. The maximum atomic E-state index is 12.6. The molecular formula is C20H27ClN4O4. The molecule has 2 saturated heterocycles. The zero-order chi connectivity index (χ0) is 19.6. The second-order valence-corrected chi connectivity index (χ2v) is 7.43. The van der Waals surface area contributed by atoms with E-state index in [1.54, 1.807) is 0 Å². The molecule has 2 aliphatic heterocycles. The highest BCUT2D eigenvalue weighted by Gasteiger charge is 2.35. The molecule has 158 valence electrons. The summed E-state index contributed by atoms with van der Waals surface area (Å²) >= 11 is 0. The lowest BCUT2D eigenvalue weighted by Gasteiger charge is -2.31. The summed E-state index contributed by atoms with van der Waals surface area (Å²) < 4.78 is 12.5. The first kappa shape index (κ1) is 21.6. The van der Waals surface area contributed by atoms with Gasteiger partial charge in [0.15, 0.2) is 0 Å². The molecule has 0 bridgehead atoms. The van der Waals surface area contributed by atoms with Gasteiger partial charge in [-0.2, -0.15) is 0 Å². The van der Waals surface area contributed by atoms with Crippen LogP contribution in [0.2, 0.25) is 0 Å². The van der Waals surface area contributed by atoms with Gasteiger partial charge < -0.3 is 30.0 Å². The summed E-state index contributed by atoms with van der Waals surface area (Å²) in [5.41, 5.74) is 7.01. The van der Waals surface area contributed by atoms with Crippen LogP contribution in [0.1, 0.15) is 12.8 Å². The van der Waals surface area contributed by atoms with Gasteiger partial charge >= 0.3 is 0 Å². The summed E-state index contributed by atoms with van der Waals surface area (Å²) in [4.78, 5) is 26.9. The van der Waals surface area contributed by atoms with Crippen LogP contribution in [0.25, 0.3) is 10.9 Å².